The van der Waals surface area contributed by atoms with Crippen molar-refractivity contribution in [2.24, 2.45) is 0 Å². The lowest BCUT2D eigenvalue weighted by Gasteiger charge is -2.13. The topological polar surface area (TPSA) is 111 Å². The Morgan fingerprint density at radius 3 is 2.62 bits per heavy atom. The molecule has 0 spiro atoms. The molecular formula is C21H14F3N3O5. The summed E-state index contributed by atoms with van der Waals surface area (Å²) in [7, 11) is 0. The summed E-state index contributed by atoms with van der Waals surface area (Å²) in [4.78, 5) is 37.8. The SMILES string of the molecule is O=C(COC(=O)/C=C/c1cccc2cccnc12)Nc1ccc([N+](=O)[O-])cc1C(F)(F)F. The van der Waals surface area contributed by atoms with E-state index in [1.165, 1.54) is 6.08 Å². The van der Waals surface area contributed by atoms with E-state index in [1.54, 1.807) is 24.4 Å². The quantitative estimate of drug-likeness (QED) is 0.261. The van der Waals surface area contributed by atoms with Crippen molar-refractivity contribution in [1.82, 2.24) is 4.98 Å². The van der Waals surface area contributed by atoms with Gasteiger partial charge >= 0.3 is 12.1 Å². The van der Waals surface area contributed by atoms with Crippen LogP contribution in [0.2, 0.25) is 0 Å². The van der Waals surface area contributed by atoms with Crippen molar-refractivity contribution in [1.29, 1.82) is 0 Å². The van der Waals surface area contributed by atoms with Crippen molar-refractivity contribution in [3.05, 3.63) is 82.0 Å². The van der Waals surface area contributed by atoms with Crippen molar-refractivity contribution < 1.29 is 32.4 Å². The van der Waals surface area contributed by atoms with Gasteiger partial charge in [0, 0.05) is 35.4 Å². The van der Waals surface area contributed by atoms with Crippen LogP contribution < -0.4 is 5.32 Å². The second-order valence-corrected chi connectivity index (χ2v) is 6.40. The normalized spacial score (nSPS) is 11.5. The highest BCUT2D eigenvalue weighted by Crippen LogP contribution is 2.37. The number of esters is 1. The van der Waals surface area contributed by atoms with Crippen molar-refractivity contribution in [3.8, 4) is 0 Å². The van der Waals surface area contributed by atoms with Gasteiger partial charge in [-0.25, -0.2) is 4.79 Å². The van der Waals surface area contributed by atoms with Crippen LogP contribution in [0.1, 0.15) is 11.1 Å². The number of para-hydroxylation sites is 1. The molecule has 0 unspecified atom stereocenters. The van der Waals surface area contributed by atoms with Crippen molar-refractivity contribution in [3.63, 3.8) is 0 Å². The number of pyridine rings is 1. The summed E-state index contributed by atoms with van der Waals surface area (Å²) >= 11 is 0. The molecule has 0 aliphatic heterocycles. The van der Waals surface area contributed by atoms with E-state index in [4.69, 9.17) is 4.74 Å². The molecule has 1 aromatic heterocycles. The molecule has 0 fully saturated rings. The van der Waals surface area contributed by atoms with Gasteiger partial charge in [-0.05, 0) is 18.2 Å². The Hall–Kier alpha value is -4.28. The van der Waals surface area contributed by atoms with Crippen LogP contribution in [0.3, 0.4) is 0 Å². The van der Waals surface area contributed by atoms with Gasteiger partial charge < -0.3 is 10.1 Å². The third-order valence-corrected chi connectivity index (χ3v) is 4.20. The first-order valence-corrected chi connectivity index (χ1v) is 8.99. The molecule has 0 radical (unpaired) electrons. The standard InChI is InChI=1S/C21H14F3N3O5/c22-21(23,24)16-11-15(27(30)31)7-8-17(16)26-18(28)12-32-19(29)9-6-14-4-1-3-13-5-2-10-25-20(13)14/h1-11H,12H2,(H,26,28)/b9-6+. The number of carbonyl (C=O) groups excluding carboxylic acids is 2. The molecule has 1 amide bonds. The molecule has 0 aliphatic rings. The molecule has 0 bridgehead atoms. The van der Waals surface area contributed by atoms with E-state index in [0.29, 0.717) is 17.1 Å². The summed E-state index contributed by atoms with van der Waals surface area (Å²) in [6, 6.07) is 10.8. The molecular weight excluding hydrogens is 431 g/mol. The zero-order valence-corrected chi connectivity index (χ0v) is 16.1. The smallest absolute Gasteiger partial charge is 0.418 e. The van der Waals surface area contributed by atoms with Crippen LogP contribution in [0.5, 0.6) is 0 Å². The highest BCUT2D eigenvalue weighted by molar-refractivity contribution is 5.96. The number of hydrogen-bond acceptors (Lipinski definition) is 6. The second kappa shape index (κ2) is 9.25. The monoisotopic (exact) mass is 445 g/mol. The van der Waals surface area contributed by atoms with Gasteiger partial charge in [0.1, 0.15) is 0 Å². The minimum absolute atomic E-state index is 0.308. The molecule has 3 aromatic rings. The molecule has 11 heteroatoms. The number of halogens is 3. The Balaban J connectivity index is 1.64. The Labute approximate surface area is 178 Å². The number of non-ortho nitro benzene ring substituents is 1. The molecule has 0 atom stereocenters. The van der Waals surface area contributed by atoms with E-state index in [9.17, 15) is 32.9 Å². The molecule has 8 nitrogen and oxygen atoms in total. The largest absolute Gasteiger partial charge is 0.452 e. The summed E-state index contributed by atoms with van der Waals surface area (Å²) in [6.07, 6.45) is -0.853. The molecule has 2 aromatic carbocycles. The average molecular weight is 445 g/mol. The molecule has 3 rings (SSSR count). The molecule has 164 valence electrons. The first-order chi connectivity index (χ1) is 15.1. The number of nitrogens with one attached hydrogen (secondary N) is 1. The van der Waals surface area contributed by atoms with Gasteiger partial charge in [0.25, 0.3) is 11.6 Å². The molecule has 32 heavy (non-hydrogen) atoms. The number of hydrogen-bond donors (Lipinski definition) is 1. The van der Waals surface area contributed by atoms with Gasteiger partial charge in [0.05, 0.1) is 21.7 Å². The fourth-order valence-corrected chi connectivity index (χ4v) is 2.78. The lowest BCUT2D eigenvalue weighted by atomic mass is 10.1. The van der Waals surface area contributed by atoms with Gasteiger partial charge in [0.15, 0.2) is 6.61 Å². The van der Waals surface area contributed by atoms with Gasteiger partial charge in [-0.1, -0.05) is 24.3 Å². The summed E-state index contributed by atoms with van der Waals surface area (Å²) in [5.41, 5.74) is -1.59. The minimum Gasteiger partial charge on any atom is -0.452 e. The first kappa shape index (κ1) is 22.4. The maximum atomic E-state index is 13.2. The number of aromatic nitrogens is 1. The van der Waals surface area contributed by atoms with E-state index in [0.717, 1.165) is 23.6 Å². The van der Waals surface area contributed by atoms with Crippen LogP contribution >= 0.6 is 0 Å². The number of alkyl halides is 3. The lowest BCUT2D eigenvalue weighted by Crippen LogP contribution is -2.22. The molecule has 1 heterocycles. The van der Waals surface area contributed by atoms with Crippen molar-refractivity contribution in [2.75, 3.05) is 11.9 Å². The highest BCUT2D eigenvalue weighted by Gasteiger charge is 2.35. The van der Waals surface area contributed by atoms with Crippen molar-refractivity contribution in [2.45, 2.75) is 6.18 Å². The number of rotatable bonds is 6. The Morgan fingerprint density at radius 1 is 1.16 bits per heavy atom. The number of carbonyl (C=O) groups is 2. The number of benzene rings is 2. The molecule has 0 saturated heterocycles. The summed E-state index contributed by atoms with van der Waals surface area (Å²) in [5.74, 6) is -1.94. The number of ether oxygens (including phenoxy) is 1. The predicted octanol–water partition coefficient (Wildman–Crippen LogP) is 4.36. The number of nitrogens with zero attached hydrogens (tertiary/aromatic N) is 2. The highest BCUT2D eigenvalue weighted by atomic mass is 19.4. The van der Waals surface area contributed by atoms with Crippen LogP contribution in [-0.2, 0) is 20.5 Å². The minimum atomic E-state index is -4.94. The van der Waals surface area contributed by atoms with Gasteiger partial charge in [-0.15, -0.1) is 0 Å². The van der Waals surface area contributed by atoms with E-state index in [-0.39, 0.29) is 0 Å². The second-order valence-electron chi connectivity index (χ2n) is 6.40. The van der Waals surface area contributed by atoms with Gasteiger partial charge in [0.2, 0.25) is 0 Å². The third kappa shape index (κ3) is 5.45. The van der Waals surface area contributed by atoms with Crippen molar-refractivity contribution >= 4 is 40.2 Å². The van der Waals surface area contributed by atoms with Crippen LogP contribution in [0.4, 0.5) is 24.5 Å². The van der Waals surface area contributed by atoms with E-state index in [2.05, 4.69) is 4.98 Å². The Bertz CT molecular complexity index is 1220. The molecule has 1 N–H and O–H groups in total. The number of fused-ring (bicyclic) bond motifs is 1. The Kier molecular flexibility index (Phi) is 6.47. The van der Waals surface area contributed by atoms with Gasteiger partial charge in [-0.3, -0.25) is 19.9 Å². The zero-order valence-electron chi connectivity index (χ0n) is 16.1. The van der Waals surface area contributed by atoms with E-state index in [1.807, 2.05) is 17.4 Å². The van der Waals surface area contributed by atoms with E-state index >= 15 is 0 Å². The van der Waals surface area contributed by atoms with Crippen LogP contribution in [0.15, 0.2) is 60.8 Å². The van der Waals surface area contributed by atoms with E-state index < -0.39 is 46.5 Å². The van der Waals surface area contributed by atoms with Gasteiger partial charge in [-0.2, -0.15) is 13.2 Å². The maximum Gasteiger partial charge on any atom is 0.418 e. The molecule has 0 aliphatic carbocycles. The fraction of sp³-hybridized carbons (Fsp3) is 0.0952. The zero-order chi connectivity index (χ0) is 23.3. The number of anilines is 1. The van der Waals surface area contributed by atoms with Crippen LogP contribution in [0, 0.1) is 10.1 Å². The fourth-order valence-electron chi connectivity index (χ4n) is 2.78. The number of nitro benzene ring substituents is 1. The third-order valence-electron chi connectivity index (χ3n) is 4.20. The lowest BCUT2D eigenvalue weighted by molar-refractivity contribution is -0.385. The summed E-state index contributed by atoms with van der Waals surface area (Å²) < 4.78 is 44.2. The Morgan fingerprint density at radius 2 is 1.91 bits per heavy atom. The molecule has 0 saturated carbocycles. The van der Waals surface area contributed by atoms with Crippen LogP contribution in [-0.4, -0.2) is 28.4 Å². The maximum absolute atomic E-state index is 13.2. The summed E-state index contributed by atoms with van der Waals surface area (Å²) in [5, 5.41) is 13.5. The number of amides is 1. The summed E-state index contributed by atoms with van der Waals surface area (Å²) in [6.45, 7) is -0.856. The first-order valence-electron chi connectivity index (χ1n) is 8.99. The average Bonchev–Trinajstić information content (AvgIpc) is 2.75. The van der Waals surface area contributed by atoms with Crippen LogP contribution in [0.25, 0.3) is 17.0 Å². The number of nitro groups is 1. The predicted molar refractivity (Wildman–Crippen MR) is 108 cm³/mol.